The summed E-state index contributed by atoms with van der Waals surface area (Å²) in [4.78, 5) is 12.1. The molecule has 0 saturated heterocycles. The molecule has 21 heavy (non-hydrogen) atoms. The first-order valence-corrected chi connectivity index (χ1v) is 7.00. The molecule has 110 valence electrons. The lowest BCUT2D eigenvalue weighted by Gasteiger charge is -2.13. The normalized spacial score (nSPS) is 11.7. The van der Waals surface area contributed by atoms with Crippen LogP contribution < -0.4 is 15.8 Å². The van der Waals surface area contributed by atoms with Gasteiger partial charge >= 0.3 is 0 Å². The summed E-state index contributed by atoms with van der Waals surface area (Å²) in [6.45, 7) is 2.99. The zero-order valence-corrected chi connectivity index (χ0v) is 12.1. The summed E-state index contributed by atoms with van der Waals surface area (Å²) >= 11 is 0. The molecule has 0 unspecified atom stereocenters. The van der Waals surface area contributed by atoms with Crippen LogP contribution in [-0.4, -0.2) is 12.5 Å². The van der Waals surface area contributed by atoms with Gasteiger partial charge in [0.2, 0.25) is 5.91 Å². The summed E-state index contributed by atoms with van der Waals surface area (Å²) in [5.41, 5.74) is 7.73. The van der Waals surface area contributed by atoms with Gasteiger partial charge in [-0.15, -0.1) is 0 Å². The lowest BCUT2D eigenvalue weighted by molar-refractivity contribution is -0.122. The minimum Gasteiger partial charge on any atom is -0.494 e. The van der Waals surface area contributed by atoms with E-state index in [9.17, 15) is 4.79 Å². The van der Waals surface area contributed by atoms with Gasteiger partial charge in [0.1, 0.15) is 11.8 Å². The van der Waals surface area contributed by atoms with E-state index in [4.69, 9.17) is 10.5 Å². The highest BCUT2D eigenvalue weighted by Crippen LogP contribution is 2.14. The van der Waals surface area contributed by atoms with Gasteiger partial charge in [-0.3, -0.25) is 4.79 Å². The molecular formula is C17H20N2O2. The molecule has 3 N–H and O–H groups in total. The van der Waals surface area contributed by atoms with Gasteiger partial charge in [0.25, 0.3) is 0 Å². The summed E-state index contributed by atoms with van der Waals surface area (Å²) in [5.74, 6) is 0.611. The van der Waals surface area contributed by atoms with Gasteiger partial charge in [-0.05, 0) is 30.2 Å². The van der Waals surface area contributed by atoms with Crippen molar-refractivity contribution in [2.75, 3.05) is 6.61 Å². The van der Waals surface area contributed by atoms with E-state index in [1.807, 2.05) is 61.5 Å². The third kappa shape index (κ3) is 4.33. The maximum atomic E-state index is 12.1. The van der Waals surface area contributed by atoms with Gasteiger partial charge in [0.15, 0.2) is 0 Å². The Morgan fingerprint density at radius 1 is 1.19 bits per heavy atom. The number of carbonyl (C=O) groups excluding carboxylic acids is 1. The van der Waals surface area contributed by atoms with Gasteiger partial charge in [0, 0.05) is 6.54 Å². The summed E-state index contributed by atoms with van der Waals surface area (Å²) in [5, 5.41) is 2.85. The van der Waals surface area contributed by atoms with E-state index >= 15 is 0 Å². The number of amides is 1. The molecule has 0 saturated carbocycles. The fourth-order valence-electron chi connectivity index (χ4n) is 2.02. The summed E-state index contributed by atoms with van der Waals surface area (Å²) < 4.78 is 5.43. The first kappa shape index (κ1) is 15.1. The number of hydrogen-bond donors (Lipinski definition) is 2. The van der Waals surface area contributed by atoms with Gasteiger partial charge in [-0.25, -0.2) is 0 Å². The molecule has 4 nitrogen and oxygen atoms in total. The molecule has 0 aliphatic rings. The Balaban J connectivity index is 1.93. The number of carbonyl (C=O) groups is 1. The van der Waals surface area contributed by atoms with Crippen LogP contribution in [0.25, 0.3) is 0 Å². The standard InChI is InChI=1S/C17H20N2O2/c1-2-21-15-10-6-7-13(11-15)12-19-17(20)16(18)14-8-4-3-5-9-14/h3-11,16H,2,12,18H2,1H3,(H,19,20)/t16-/m1/s1. The number of nitrogens with one attached hydrogen (secondary N) is 1. The van der Waals surface area contributed by atoms with Crippen molar-refractivity contribution in [2.24, 2.45) is 5.73 Å². The predicted octanol–water partition coefficient (Wildman–Crippen LogP) is 2.40. The zero-order valence-electron chi connectivity index (χ0n) is 12.1. The van der Waals surface area contributed by atoms with Crippen molar-refractivity contribution in [3.8, 4) is 5.75 Å². The molecule has 2 aromatic carbocycles. The predicted molar refractivity (Wildman–Crippen MR) is 82.8 cm³/mol. The minimum absolute atomic E-state index is 0.192. The van der Waals surface area contributed by atoms with Crippen LogP contribution in [0.2, 0.25) is 0 Å². The molecule has 0 radical (unpaired) electrons. The molecule has 0 aliphatic carbocycles. The maximum absolute atomic E-state index is 12.1. The molecular weight excluding hydrogens is 264 g/mol. The van der Waals surface area contributed by atoms with Crippen molar-refractivity contribution >= 4 is 5.91 Å². The van der Waals surface area contributed by atoms with Crippen LogP contribution >= 0.6 is 0 Å². The molecule has 0 spiro atoms. The van der Waals surface area contributed by atoms with Crippen molar-refractivity contribution in [3.63, 3.8) is 0 Å². The van der Waals surface area contributed by atoms with Crippen LogP contribution in [-0.2, 0) is 11.3 Å². The van der Waals surface area contributed by atoms with Crippen LogP contribution in [0.15, 0.2) is 54.6 Å². The number of hydrogen-bond acceptors (Lipinski definition) is 3. The Bertz CT molecular complexity index is 584. The third-order valence-corrected chi connectivity index (χ3v) is 3.12. The molecule has 0 heterocycles. The lowest BCUT2D eigenvalue weighted by Crippen LogP contribution is -2.33. The minimum atomic E-state index is -0.652. The number of nitrogens with two attached hydrogens (primary N) is 1. The molecule has 1 amide bonds. The molecule has 0 aromatic heterocycles. The number of benzene rings is 2. The monoisotopic (exact) mass is 284 g/mol. The first-order chi connectivity index (χ1) is 10.2. The Hall–Kier alpha value is -2.33. The average molecular weight is 284 g/mol. The second-order valence-electron chi connectivity index (χ2n) is 4.69. The number of ether oxygens (including phenoxy) is 1. The highest BCUT2D eigenvalue weighted by molar-refractivity contribution is 5.82. The Morgan fingerprint density at radius 3 is 2.67 bits per heavy atom. The van der Waals surface area contributed by atoms with E-state index in [1.54, 1.807) is 0 Å². The van der Waals surface area contributed by atoms with E-state index in [1.165, 1.54) is 0 Å². The second-order valence-corrected chi connectivity index (χ2v) is 4.69. The Labute approximate surface area is 124 Å². The van der Waals surface area contributed by atoms with Gasteiger partial charge < -0.3 is 15.8 Å². The highest BCUT2D eigenvalue weighted by Gasteiger charge is 2.14. The highest BCUT2D eigenvalue weighted by atomic mass is 16.5. The third-order valence-electron chi connectivity index (χ3n) is 3.12. The first-order valence-electron chi connectivity index (χ1n) is 7.00. The van der Waals surface area contributed by atoms with Crippen molar-refractivity contribution in [1.82, 2.24) is 5.32 Å². The van der Waals surface area contributed by atoms with Crippen molar-refractivity contribution in [3.05, 3.63) is 65.7 Å². The Kier molecular flexibility index (Phi) is 5.35. The summed E-state index contributed by atoms with van der Waals surface area (Å²) in [6.07, 6.45) is 0. The Morgan fingerprint density at radius 2 is 1.95 bits per heavy atom. The van der Waals surface area contributed by atoms with Gasteiger partial charge in [-0.2, -0.15) is 0 Å². The van der Waals surface area contributed by atoms with Crippen LogP contribution in [0.3, 0.4) is 0 Å². The van der Waals surface area contributed by atoms with E-state index in [2.05, 4.69) is 5.32 Å². The van der Waals surface area contributed by atoms with E-state index < -0.39 is 6.04 Å². The quantitative estimate of drug-likeness (QED) is 0.856. The largest absolute Gasteiger partial charge is 0.494 e. The fourth-order valence-corrected chi connectivity index (χ4v) is 2.02. The van der Waals surface area contributed by atoms with Crippen molar-refractivity contribution < 1.29 is 9.53 Å². The van der Waals surface area contributed by atoms with Gasteiger partial charge in [0.05, 0.1) is 6.61 Å². The average Bonchev–Trinajstić information content (AvgIpc) is 2.53. The molecule has 0 bridgehead atoms. The zero-order chi connectivity index (χ0) is 15.1. The maximum Gasteiger partial charge on any atom is 0.241 e. The van der Waals surface area contributed by atoms with Crippen LogP contribution in [0.5, 0.6) is 5.75 Å². The smallest absolute Gasteiger partial charge is 0.241 e. The molecule has 0 aliphatic heterocycles. The topological polar surface area (TPSA) is 64.3 Å². The molecule has 2 aromatic rings. The summed E-state index contributed by atoms with van der Waals surface area (Å²) in [7, 11) is 0. The summed E-state index contributed by atoms with van der Waals surface area (Å²) in [6, 6.07) is 16.3. The van der Waals surface area contributed by atoms with Crippen LogP contribution in [0, 0.1) is 0 Å². The molecule has 1 atom stereocenters. The van der Waals surface area contributed by atoms with Crippen LogP contribution in [0.1, 0.15) is 24.1 Å². The van der Waals surface area contributed by atoms with E-state index in [-0.39, 0.29) is 5.91 Å². The van der Waals surface area contributed by atoms with Crippen LogP contribution in [0.4, 0.5) is 0 Å². The van der Waals surface area contributed by atoms with Crippen molar-refractivity contribution in [1.29, 1.82) is 0 Å². The van der Waals surface area contributed by atoms with Gasteiger partial charge in [-0.1, -0.05) is 42.5 Å². The number of rotatable bonds is 6. The molecule has 4 heteroatoms. The fraction of sp³-hybridized carbons (Fsp3) is 0.235. The second kappa shape index (κ2) is 7.45. The van der Waals surface area contributed by atoms with E-state index in [0.29, 0.717) is 13.2 Å². The SMILES string of the molecule is CCOc1cccc(CNC(=O)[C@H](N)c2ccccc2)c1. The lowest BCUT2D eigenvalue weighted by atomic mass is 10.1. The van der Waals surface area contributed by atoms with E-state index in [0.717, 1.165) is 16.9 Å². The molecule has 0 fully saturated rings. The van der Waals surface area contributed by atoms with Crippen molar-refractivity contribution in [2.45, 2.75) is 19.5 Å². The molecule has 2 rings (SSSR count).